The molecule has 0 aliphatic heterocycles. The molecule has 0 aliphatic rings. The fourth-order valence-electron chi connectivity index (χ4n) is 1.24. The standard InChI is InChI=1S/C13H15BrN2O3/c1-3-6-15-13(18)16-12(17)8-19-11-5-4-9(2)7-10(11)14/h3-5,7H,1,6,8H2,2H3,(H2,15,16,17,18). The zero-order chi connectivity index (χ0) is 14.3. The van der Waals surface area contributed by atoms with E-state index in [1.54, 1.807) is 6.07 Å². The van der Waals surface area contributed by atoms with E-state index in [9.17, 15) is 9.59 Å². The molecule has 0 saturated carbocycles. The minimum atomic E-state index is -0.573. The molecule has 0 saturated heterocycles. The predicted molar refractivity (Wildman–Crippen MR) is 76.1 cm³/mol. The van der Waals surface area contributed by atoms with Crippen molar-refractivity contribution in [2.24, 2.45) is 0 Å². The Morgan fingerprint density at radius 3 is 2.84 bits per heavy atom. The van der Waals surface area contributed by atoms with Gasteiger partial charge in [0.2, 0.25) is 0 Å². The smallest absolute Gasteiger partial charge is 0.321 e. The largest absolute Gasteiger partial charge is 0.483 e. The van der Waals surface area contributed by atoms with Crippen LogP contribution in [0.2, 0.25) is 0 Å². The molecule has 3 amide bonds. The topological polar surface area (TPSA) is 67.4 Å². The highest BCUT2D eigenvalue weighted by Crippen LogP contribution is 2.25. The number of imide groups is 1. The van der Waals surface area contributed by atoms with Crippen LogP contribution in [0.25, 0.3) is 0 Å². The van der Waals surface area contributed by atoms with Crippen molar-refractivity contribution >= 4 is 27.9 Å². The van der Waals surface area contributed by atoms with Gasteiger partial charge in [-0.25, -0.2) is 4.79 Å². The zero-order valence-corrected chi connectivity index (χ0v) is 12.1. The van der Waals surface area contributed by atoms with Crippen molar-refractivity contribution < 1.29 is 14.3 Å². The molecule has 0 heterocycles. The third kappa shape index (κ3) is 5.56. The first-order chi connectivity index (χ1) is 9.02. The fourth-order valence-corrected chi connectivity index (χ4v) is 1.85. The van der Waals surface area contributed by atoms with Gasteiger partial charge in [0, 0.05) is 6.54 Å². The SMILES string of the molecule is C=CCNC(=O)NC(=O)COc1ccc(C)cc1Br. The van der Waals surface area contributed by atoms with Crippen molar-refractivity contribution in [2.45, 2.75) is 6.92 Å². The second kappa shape index (κ2) is 7.58. The van der Waals surface area contributed by atoms with Crippen molar-refractivity contribution in [2.75, 3.05) is 13.2 Å². The minimum absolute atomic E-state index is 0.233. The van der Waals surface area contributed by atoms with Crippen LogP contribution in [0.5, 0.6) is 5.75 Å². The normalized spacial score (nSPS) is 9.58. The van der Waals surface area contributed by atoms with Gasteiger partial charge in [-0.2, -0.15) is 0 Å². The average Bonchev–Trinajstić information content (AvgIpc) is 2.35. The number of hydrogen-bond donors (Lipinski definition) is 2. The van der Waals surface area contributed by atoms with Gasteiger partial charge in [0.25, 0.3) is 5.91 Å². The van der Waals surface area contributed by atoms with Gasteiger partial charge in [0.05, 0.1) is 4.47 Å². The molecule has 0 radical (unpaired) electrons. The van der Waals surface area contributed by atoms with E-state index in [0.717, 1.165) is 10.0 Å². The van der Waals surface area contributed by atoms with Crippen molar-refractivity contribution in [3.8, 4) is 5.75 Å². The molecular weight excluding hydrogens is 312 g/mol. The fraction of sp³-hybridized carbons (Fsp3) is 0.231. The molecule has 0 bridgehead atoms. The molecule has 0 aliphatic carbocycles. The van der Waals surface area contributed by atoms with Crippen molar-refractivity contribution in [3.63, 3.8) is 0 Å². The van der Waals surface area contributed by atoms with Crippen molar-refractivity contribution in [1.82, 2.24) is 10.6 Å². The van der Waals surface area contributed by atoms with Gasteiger partial charge in [-0.1, -0.05) is 12.1 Å². The highest BCUT2D eigenvalue weighted by atomic mass is 79.9. The summed E-state index contributed by atoms with van der Waals surface area (Å²) in [6.07, 6.45) is 1.52. The lowest BCUT2D eigenvalue weighted by atomic mass is 10.2. The molecule has 102 valence electrons. The van der Waals surface area contributed by atoms with E-state index < -0.39 is 11.9 Å². The molecule has 5 nitrogen and oxygen atoms in total. The number of aryl methyl sites for hydroxylation is 1. The molecule has 0 unspecified atom stereocenters. The summed E-state index contributed by atoms with van der Waals surface area (Å²) in [4.78, 5) is 22.6. The van der Waals surface area contributed by atoms with Crippen LogP contribution in [0, 0.1) is 6.92 Å². The van der Waals surface area contributed by atoms with Gasteiger partial charge in [-0.15, -0.1) is 6.58 Å². The van der Waals surface area contributed by atoms with Gasteiger partial charge >= 0.3 is 6.03 Å². The second-order valence-electron chi connectivity index (χ2n) is 3.77. The van der Waals surface area contributed by atoms with Gasteiger partial charge in [-0.3, -0.25) is 10.1 Å². The Morgan fingerprint density at radius 2 is 2.21 bits per heavy atom. The minimum Gasteiger partial charge on any atom is -0.483 e. The highest BCUT2D eigenvalue weighted by Gasteiger charge is 2.08. The maximum atomic E-state index is 11.4. The quantitative estimate of drug-likeness (QED) is 0.815. The summed E-state index contributed by atoms with van der Waals surface area (Å²) >= 11 is 3.34. The number of hydrogen-bond acceptors (Lipinski definition) is 3. The summed E-state index contributed by atoms with van der Waals surface area (Å²) in [5, 5.41) is 4.57. The summed E-state index contributed by atoms with van der Waals surface area (Å²) in [6.45, 7) is 5.46. The second-order valence-corrected chi connectivity index (χ2v) is 4.62. The summed E-state index contributed by atoms with van der Waals surface area (Å²) in [6, 6.07) is 4.93. The molecule has 0 spiro atoms. The number of nitrogens with one attached hydrogen (secondary N) is 2. The Kier molecular flexibility index (Phi) is 6.08. The molecule has 1 rings (SSSR count). The summed E-state index contributed by atoms with van der Waals surface area (Å²) in [5.41, 5.74) is 1.08. The van der Waals surface area contributed by atoms with E-state index >= 15 is 0 Å². The Balaban J connectivity index is 2.41. The molecule has 2 N–H and O–H groups in total. The maximum absolute atomic E-state index is 11.4. The summed E-state index contributed by atoms with van der Waals surface area (Å²) in [7, 11) is 0. The van der Waals surface area contributed by atoms with E-state index in [4.69, 9.17) is 4.74 Å². The van der Waals surface area contributed by atoms with Crippen LogP contribution in [0.15, 0.2) is 35.3 Å². The lowest BCUT2D eigenvalue weighted by molar-refractivity contribution is -0.122. The van der Waals surface area contributed by atoms with Crippen LogP contribution in [0.4, 0.5) is 4.79 Å². The van der Waals surface area contributed by atoms with Crippen LogP contribution in [-0.4, -0.2) is 25.1 Å². The number of amides is 3. The number of halogens is 1. The Morgan fingerprint density at radius 1 is 1.47 bits per heavy atom. The maximum Gasteiger partial charge on any atom is 0.321 e. The van der Waals surface area contributed by atoms with Crippen molar-refractivity contribution in [1.29, 1.82) is 0 Å². The summed E-state index contributed by atoms with van der Waals surface area (Å²) in [5.74, 6) is 0.0290. The molecule has 0 fully saturated rings. The van der Waals surface area contributed by atoms with E-state index in [1.165, 1.54) is 6.08 Å². The van der Waals surface area contributed by atoms with Crippen LogP contribution in [-0.2, 0) is 4.79 Å². The molecule has 0 aromatic heterocycles. The Bertz CT molecular complexity index is 489. The summed E-state index contributed by atoms with van der Waals surface area (Å²) < 4.78 is 6.06. The van der Waals surface area contributed by atoms with Crippen LogP contribution in [0.1, 0.15) is 5.56 Å². The van der Waals surface area contributed by atoms with Crippen LogP contribution >= 0.6 is 15.9 Å². The number of carbonyl (C=O) groups is 2. The van der Waals surface area contributed by atoms with E-state index in [-0.39, 0.29) is 6.61 Å². The number of urea groups is 1. The highest BCUT2D eigenvalue weighted by molar-refractivity contribution is 9.10. The predicted octanol–water partition coefficient (Wildman–Crippen LogP) is 2.15. The van der Waals surface area contributed by atoms with Gasteiger partial charge in [-0.05, 0) is 40.5 Å². The number of benzene rings is 1. The van der Waals surface area contributed by atoms with E-state index in [0.29, 0.717) is 12.3 Å². The van der Waals surface area contributed by atoms with Gasteiger partial charge in [0.1, 0.15) is 5.75 Å². The van der Waals surface area contributed by atoms with Crippen molar-refractivity contribution in [3.05, 3.63) is 40.9 Å². The third-order valence-corrected chi connectivity index (χ3v) is 2.73. The molecule has 1 aromatic rings. The molecule has 6 heteroatoms. The molecular formula is C13H15BrN2O3. The van der Waals surface area contributed by atoms with Gasteiger partial charge < -0.3 is 10.1 Å². The first-order valence-corrected chi connectivity index (χ1v) is 6.39. The monoisotopic (exact) mass is 326 g/mol. The molecule has 1 aromatic carbocycles. The van der Waals surface area contributed by atoms with Crippen LogP contribution < -0.4 is 15.4 Å². The lowest BCUT2D eigenvalue weighted by Gasteiger charge is -2.09. The zero-order valence-electron chi connectivity index (χ0n) is 10.5. The average molecular weight is 327 g/mol. The molecule has 0 atom stereocenters. The lowest BCUT2D eigenvalue weighted by Crippen LogP contribution is -2.41. The first kappa shape index (κ1) is 15.2. The van der Waals surface area contributed by atoms with E-state index in [2.05, 4.69) is 33.1 Å². The Hall–Kier alpha value is -1.82. The number of carbonyl (C=O) groups excluding carboxylic acids is 2. The van der Waals surface area contributed by atoms with Crippen LogP contribution in [0.3, 0.4) is 0 Å². The van der Waals surface area contributed by atoms with E-state index in [1.807, 2.05) is 19.1 Å². The number of rotatable bonds is 5. The Labute approximate surface area is 120 Å². The number of ether oxygens (including phenoxy) is 1. The van der Waals surface area contributed by atoms with Gasteiger partial charge in [0.15, 0.2) is 6.61 Å². The molecule has 19 heavy (non-hydrogen) atoms. The first-order valence-electron chi connectivity index (χ1n) is 5.60. The third-order valence-electron chi connectivity index (χ3n) is 2.11.